The molecule has 1 aliphatic rings. The first kappa shape index (κ1) is 20.0. The van der Waals surface area contributed by atoms with E-state index in [9.17, 15) is 4.79 Å². The van der Waals surface area contributed by atoms with E-state index in [1.54, 1.807) is 25.3 Å². The molecule has 5 nitrogen and oxygen atoms in total. The van der Waals surface area contributed by atoms with Gasteiger partial charge in [0.1, 0.15) is 17.5 Å². The standard InChI is InChI=1S/C19H28ClNO4/c1-4-24-19(10-6-5-7-11-19)18(22)21-15-8-9-17(16(20)12-15)25-14(2)13-23-3/h8-9,12,14H,4-7,10-11,13H2,1-3H3,(H,21,22)/t14-/m0/s1. The minimum Gasteiger partial charge on any atom is -0.487 e. The minimum atomic E-state index is -0.721. The normalized spacial score (nSPS) is 17.8. The maximum Gasteiger partial charge on any atom is 0.256 e. The summed E-state index contributed by atoms with van der Waals surface area (Å²) in [4.78, 5) is 12.8. The summed E-state index contributed by atoms with van der Waals surface area (Å²) in [7, 11) is 1.62. The molecule has 1 aromatic rings. The van der Waals surface area contributed by atoms with Crippen LogP contribution in [-0.4, -0.2) is 37.9 Å². The number of anilines is 1. The lowest BCUT2D eigenvalue weighted by Crippen LogP contribution is -2.47. The lowest BCUT2D eigenvalue weighted by Gasteiger charge is -2.35. The predicted molar refractivity (Wildman–Crippen MR) is 99.5 cm³/mol. The van der Waals surface area contributed by atoms with Crippen LogP contribution < -0.4 is 10.1 Å². The lowest BCUT2D eigenvalue weighted by atomic mass is 9.83. The van der Waals surface area contributed by atoms with E-state index in [4.69, 9.17) is 25.8 Å². The summed E-state index contributed by atoms with van der Waals surface area (Å²) in [6.45, 7) is 4.84. The number of benzene rings is 1. The van der Waals surface area contributed by atoms with Crippen LogP contribution in [0.2, 0.25) is 5.02 Å². The molecule has 1 fully saturated rings. The van der Waals surface area contributed by atoms with Crippen LogP contribution >= 0.6 is 11.6 Å². The molecule has 0 aromatic heterocycles. The van der Waals surface area contributed by atoms with Crippen LogP contribution in [0.25, 0.3) is 0 Å². The average molecular weight is 370 g/mol. The fourth-order valence-electron chi connectivity index (χ4n) is 3.24. The van der Waals surface area contributed by atoms with Crippen LogP contribution in [0.3, 0.4) is 0 Å². The Kier molecular flexibility index (Phi) is 7.54. The number of rotatable bonds is 8. The zero-order valence-electron chi connectivity index (χ0n) is 15.3. The Balaban J connectivity index is 2.06. The minimum absolute atomic E-state index is 0.0912. The van der Waals surface area contributed by atoms with Gasteiger partial charge in [0.25, 0.3) is 5.91 Å². The Morgan fingerprint density at radius 2 is 2.04 bits per heavy atom. The second-order valence-corrected chi connectivity index (χ2v) is 6.88. The Bertz CT molecular complexity index is 567. The molecule has 1 saturated carbocycles. The van der Waals surface area contributed by atoms with Gasteiger partial charge in [0.05, 0.1) is 11.6 Å². The summed E-state index contributed by atoms with van der Waals surface area (Å²) in [6.07, 6.45) is 4.59. The number of carbonyl (C=O) groups is 1. The monoisotopic (exact) mass is 369 g/mol. The second kappa shape index (κ2) is 9.41. The molecular formula is C19H28ClNO4. The quantitative estimate of drug-likeness (QED) is 0.736. The van der Waals surface area contributed by atoms with Gasteiger partial charge in [0, 0.05) is 19.4 Å². The molecule has 140 valence electrons. The Labute approximate surface area is 155 Å². The van der Waals surface area contributed by atoms with Crippen molar-refractivity contribution in [2.45, 2.75) is 57.7 Å². The van der Waals surface area contributed by atoms with E-state index in [1.807, 2.05) is 13.8 Å². The van der Waals surface area contributed by atoms with Gasteiger partial charge in [0.2, 0.25) is 0 Å². The third kappa shape index (κ3) is 5.33. The van der Waals surface area contributed by atoms with Crippen LogP contribution in [0.15, 0.2) is 18.2 Å². The second-order valence-electron chi connectivity index (χ2n) is 6.47. The van der Waals surface area contributed by atoms with E-state index in [0.29, 0.717) is 29.7 Å². The number of ether oxygens (including phenoxy) is 3. The zero-order chi connectivity index (χ0) is 18.3. The Morgan fingerprint density at radius 3 is 2.64 bits per heavy atom. The fourth-order valence-corrected chi connectivity index (χ4v) is 3.47. The highest BCUT2D eigenvalue weighted by Crippen LogP contribution is 2.34. The van der Waals surface area contributed by atoms with Crippen molar-refractivity contribution in [3.05, 3.63) is 23.2 Å². The molecule has 1 amide bonds. The molecule has 0 bridgehead atoms. The highest BCUT2D eigenvalue weighted by atomic mass is 35.5. The molecule has 0 spiro atoms. The number of hydrogen-bond donors (Lipinski definition) is 1. The van der Waals surface area contributed by atoms with Crippen LogP contribution in [0, 0.1) is 0 Å². The van der Waals surface area contributed by atoms with E-state index >= 15 is 0 Å². The average Bonchev–Trinajstić information content (AvgIpc) is 2.58. The SMILES string of the molecule is CCOC1(C(=O)Nc2ccc(O[C@@H](C)COC)c(Cl)c2)CCCCC1. The summed E-state index contributed by atoms with van der Waals surface area (Å²) in [5.74, 6) is 0.480. The molecule has 0 saturated heterocycles. The molecule has 1 atom stereocenters. The number of halogens is 1. The fraction of sp³-hybridized carbons (Fsp3) is 0.632. The number of hydrogen-bond acceptors (Lipinski definition) is 4. The molecule has 0 heterocycles. The molecule has 2 rings (SSSR count). The highest BCUT2D eigenvalue weighted by molar-refractivity contribution is 6.32. The summed E-state index contributed by atoms with van der Waals surface area (Å²) < 4.78 is 16.6. The van der Waals surface area contributed by atoms with Crippen molar-refractivity contribution in [1.82, 2.24) is 0 Å². The highest BCUT2D eigenvalue weighted by Gasteiger charge is 2.40. The zero-order valence-corrected chi connectivity index (χ0v) is 16.0. The predicted octanol–water partition coefficient (Wildman–Crippen LogP) is 4.43. The van der Waals surface area contributed by atoms with Crippen molar-refractivity contribution in [1.29, 1.82) is 0 Å². The van der Waals surface area contributed by atoms with Crippen molar-refractivity contribution in [2.24, 2.45) is 0 Å². The van der Waals surface area contributed by atoms with E-state index in [2.05, 4.69) is 5.32 Å². The van der Waals surface area contributed by atoms with Gasteiger partial charge in [-0.1, -0.05) is 30.9 Å². The van der Waals surface area contributed by atoms with Crippen LogP contribution in [0.4, 0.5) is 5.69 Å². The number of amides is 1. The third-order valence-electron chi connectivity index (χ3n) is 4.41. The van der Waals surface area contributed by atoms with E-state index < -0.39 is 5.60 Å². The Hall–Kier alpha value is -1.30. The molecule has 1 N–H and O–H groups in total. The van der Waals surface area contributed by atoms with Gasteiger partial charge in [-0.15, -0.1) is 0 Å². The van der Waals surface area contributed by atoms with E-state index in [0.717, 1.165) is 32.1 Å². The molecule has 0 unspecified atom stereocenters. The third-order valence-corrected chi connectivity index (χ3v) is 4.71. The van der Waals surface area contributed by atoms with Crippen molar-refractivity contribution < 1.29 is 19.0 Å². The summed E-state index contributed by atoms with van der Waals surface area (Å²) in [5, 5.41) is 3.41. The molecule has 1 aliphatic carbocycles. The van der Waals surface area contributed by atoms with Crippen LogP contribution in [0.5, 0.6) is 5.75 Å². The molecule has 0 radical (unpaired) electrons. The van der Waals surface area contributed by atoms with Gasteiger partial charge in [-0.3, -0.25) is 4.79 Å². The molecule has 1 aromatic carbocycles. The van der Waals surface area contributed by atoms with Crippen LogP contribution in [-0.2, 0) is 14.3 Å². The summed E-state index contributed by atoms with van der Waals surface area (Å²) in [5.41, 5.74) is -0.0758. The number of carbonyl (C=O) groups excluding carboxylic acids is 1. The van der Waals surface area contributed by atoms with Crippen molar-refractivity contribution >= 4 is 23.2 Å². The Morgan fingerprint density at radius 1 is 1.32 bits per heavy atom. The van der Waals surface area contributed by atoms with E-state index in [1.165, 1.54) is 0 Å². The topological polar surface area (TPSA) is 56.8 Å². The van der Waals surface area contributed by atoms with Crippen molar-refractivity contribution in [2.75, 3.05) is 25.6 Å². The van der Waals surface area contributed by atoms with Gasteiger partial charge < -0.3 is 19.5 Å². The lowest BCUT2D eigenvalue weighted by molar-refractivity contribution is -0.145. The first-order chi connectivity index (χ1) is 12.0. The summed E-state index contributed by atoms with van der Waals surface area (Å²) >= 11 is 6.29. The number of nitrogens with one attached hydrogen (secondary N) is 1. The van der Waals surface area contributed by atoms with Crippen molar-refractivity contribution in [3.8, 4) is 5.75 Å². The van der Waals surface area contributed by atoms with Gasteiger partial charge in [-0.25, -0.2) is 0 Å². The number of methoxy groups -OCH3 is 1. The van der Waals surface area contributed by atoms with Crippen molar-refractivity contribution in [3.63, 3.8) is 0 Å². The molecule has 6 heteroatoms. The smallest absolute Gasteiger partial charge is 0.256 e. The maximum atomic E-state index is 12.8. The molecular weight excluding hydrogens is 342 g/mol. The van der Waals surface area contributed by atoms with Gasteiger partial charge in [-0.05, 0) is 44.9 Å². The first-order valence-electron chi connectivity index (χ1n) is 8.91. The first-order valence-corrected chi connectivity index (χ1v) is 9.29. The summed E-state index contributed by atoms with van der Waals surface area (Å²) in [6, 6.07) is 5.26. The van der Waals surface area contributed by atoms with E-state index in [-0.39, 0.29) is 12.0 Å². The maximum absolute atomic E-state index is 12.8. The van der Waals surface area contributed by atoms with Gasteiger partial charge >= 0.3 is 0 Å². The molecule has 25 heavy (non-hydrogen) atoms. The van der Waals surface area contributed by atoms with Gasteiger partial charge in [-0.2, -0.15) is 0 Å². The van der Waals surface area contributed by atoms with Crippen LogP contribution in [0.1, 0.15) is 46.0 Å². The largest absolute Gasteiger partial charge is 0.487 e. The van der Waals surface area contributed by atoms with Gasteiger partial charge in [0.15, 0.2) is 0 Å². The molecule has 0 aliphatic heterocycles.